The Labute approximate surface area is 69.0 Å². The zero-order valence-electron chi connectivity index (χ0n) is 6.64. The number of nitrogens with zero attached hydrogens (tertiary/aromatic N) is 4. The van der Waals surface area contributed by atoms with E-state index in [9.17, 15) is 0 Å². The lowest BCUT2D eigenvalue weighted by Crippen LogP contribution is -1.98. The predicted molar refractivity (Wildman–Crippen MR) is 42.3 cm³/mol. The fraction of sp³-hybridized carbons (Fsp3) is 0.286. The van der Waals surface area contributed by atoms with Crippen LogP contribution in [-0.2, 0) is 11.5 Å². The van der Waals surface area contributed by atoms with E-state index in [1.807, 2.05) is 4.57 Å². The van der Waals surface area contributed by atoms with E-state index in [4.69, 9.17) is 4.74 Å². The molecule has 2 heterocycles. The highest BCUT2D eigenvalue weighted by Crippen LogP contribution is 2.06. The van der Waals surface area contributed by atoms with Crippen LogP contribution in [0.3, 0.4) is 0 Å². The van der Waals surface area contributed by atoms with Gasteiger partial charge in [-0.3, -0.25) is 4.57 Å². The van der Waals surface area contributed by atoms with Crippen molar-refractivity contribution in [3.05, 3.63) is 18.9 Å². The average molecular weight is 164 g/mol. The Kier molecular flexibility index (Phi) is 1.71. The number of hydrogen-bond acceptors (Lipinski definition) is 4. The highest BCUT2D eigenvalue weighted by atomic mass is 16.5. The molecule has 12 heavy (non-hydrogen) atoms. The summed E-state index contributed by atoms with van der Waals surface area (Å²) in [6, 6.07) is 0. The molecule has 0 aliphatic carbocycles. The van der Waals surface area contributed by atoms with E-state index in [2.05, 4.69) is 15.0 Å². The Morgan fingerprint density at radius 3 is 3.25 bits per heavy atom. The second kappa shape index (κ2) is 2.86. The normalized spacial score (nSPS) is 10.8. The number of ether oxygens (including phenoxy) is 1. The van der Waals surface area contributed by atoms with Gasteiger partial charge in [0.1, 0.15) is 18.6 Å². The molecule has 5 nitrogen and oxygen atoms in total. The van der Waals surface area contributed by atoms with E-state index in [1.54, 1.807) is 19.6 Å². The third kappa shape index (κ3) is 1.04. The first-order valence-electron chi connectivity index (χ1n) is 3.51. The molecule has 0 saturated carbocycles. The van der Waals surface area contributed by atoms with Crippen LogP contribution in [0.25, 0.3) is 11.2 Å². The molecule has 0 radical (unpaired) electrons. The number of aromatic nitrogens is 4. The standard InChI is InChI=1S/C7H8N4O/c1-12-5-11-4-10-6-2-8-3-9-7(6)11/h2-4H,5H2,1H3. The van der Waals surface area contributed by atoms with Gasteiger partial charge in [0.05, 0.1) is 12.5 Å². The summed E-state index contributed by atoms with van der Waals surface area (Å²) >= 11 is 0. The van der Waals surface area contributed by atoms with E-state index in [-0.39, 0.29) is 0 Å². The molecular formula is C7H8N4O. The van der Waals surface area contributed by atoms with Gasteiger partial charge in [0.2, 0.25) is 0 Å². The van der Waals surface area contributed by atoms with Crippen molar-refractivity contribution >= 4 is 11.2 Å². The Bertz CT molecular complexity index is 384. The summed E-state index contributed by atoms with van der Waals surface area (Å²) in [6.07, 6.45) is 4.85. The lowest BCUT2D eigenvalue weighted by atomic mass is 10.6. The molecule has 0 aliphatic heterocycles. The molecule has 0 bridgehead atoms. The van der Waals surface area contributed by atoms with Crippen LogP contribution in [0.4, 0.5) is 0 Å². The van der Waals surface area contributed by atoms with Gasteiger partial charge in [-0.2, -0.15) is 0 Å². The van der Waals surface area contributed by atoms with Crippen molar-refractivity contribution in [2.75, 3.05) is 7.11 Å². The molecule has 62 valence electrons. The summed E-state index contributed by atoms with van der Waals surface area (Å²) in [4.78, 5) is 12.0. The molecule has 0 atom stereocenters. The van der Waals surface area contributed by atoms with Gasteiger partial charge in [-0.25, -0.2) is 15.0 Å². The Morgan fingerprint density at radius 2 is 2.42 bits per heavy atom. The summed E-state index contributed by atoms with van der Waals surface area (Å²) in [6.45, 7) is 0.466. The van der Waals surface area contributed by atoms with Crippen molar-refractivity contribution in [3.63, 3.8) is 0 Å². The SMILES string of the molecule is COCn1cnc2cncnc21. The quantitative estimate of drug-likeness (QED) is 0.645. The van der Waals surface area contributed by atoms with Crippen LogP contribution in [0.2, 0.25) is 0 Å². The maximum atomic E-state index is 4.96. The molecule has 0 aliphatic rings. The average Bonchev–Trinajstić information content (AvgIpc) is 2.50. The van der Waals surface area contributed by atoms with Crippen molar-refractivity contribution in [2.24, 2.45) is 0 Å². The van der Waals surface area contributed by atoms with Crippen LogP contribution in [0.5, 0.6) is 0 Å². The molecule has 0 aromatic carbocycles. The fourth-order valence-electron chi connectivity index (χ4n) is 1.05. The Balaban J connectivity index is 2.55. The largest absolute Gasteiger partial charge is 0.364 e. The number of methoxy groups -OCH3 is 1. The summed E-state index contributed by atoms with van der Waals surface area (Å²) < 4.78 is 6.77. The molecule has 5 heteroatoms. The van der Waals surface area contributed by atoms with E-state index < -0.39 is 0 Å². The number of hydrogen-bond donors (Lipinski definition) is 0. The third-order valence-electron chi connectivity index (χ3n) is 1.55. The van der Waals surface area contributed by atoms with Crippen molar-refractivity contribution in [1.29, 1.82) is 0 Å². The van der Waals surface area contributed by atoms with E-state index in [0.29, 0.717) is 6.73 Å². The van der Waals surface area contributed by atoms with E-state index in [0.717, 1.165) is 11.2 Å². The molecule has 0 fully saturated rings. The summed E-state index contributed by atoms with van der Waals surface area (Å²) in [5.41, 5.74) is 1.58. The van der Waals surface area contributed by atoms with Crippen molar-refractivity contribution in [2.45, 2.75) is 6.73 Å². The molecule has 2 aromatic heterocycles. The second-order valence-corrected chi connectivity index (χ2v) is 2.36. The Morgan fingerprint density at radius 1 is 1.50 bits per heavy atom. The van der Waals surface area contributed by atoms with Crippen LogP contribution in [0, 0.1) is 0 Å². The van der Waals surface area contributed by atoms with Gasteiger partial charge in [0.25, 0.3) is 0 Å². The molecule has 0 N–H and O–H groups in total. The van der Waals surface area contributed by atoms with Gasteiger partial charge in [-0.15, -0.1) is 0 Å². The number of rotatable bonds is 2. The van der Waals surface area contributed by atoms with Gasteiger partial charge in [-0.1, -0.05) is 0 Å². The van der Waals surface area contributed by atoms with Gasteiger partial charge >= 0.3 is 0 Å². The minimum absolute atomic E-state index is 0.466. The van der Waals surface area contributed by atoms with Crippen LogP contribution in [-0.4, -0.2) is 26.6 Å². The first-order chi connectivity index (χ1) is 5.92. The maximum absolute atomic E-state index is 4.96. The summed E-state index contributed by atoms with van der Waals surface area (Å²) in [7, 11) is 1.63. The van der Waals surface area contributed by atoms with Gasteiger partial charge in [0, 0.05) is 7.11 Å². The molecule has 0 unspecified atom stereocenters. The first-order valence-corrected chi connectivity index (χ1v) is 3.51. The molecule has 2 rings (SSSR count). The van der Waals surface area contributed by atoms with Crippen molar-refractivity contribution in [1.82, 2.24) is 19.5 Å². The molecule has 0 amide bonds. The Hall–Kier alpha value is -1.49. The van der Waals surface area contributed by atoms with Crippen molar-refractivity contribution in [3.8, 4) is 0 Å². The van der Waals surface area contributed by atoms with Gasteiger partial charge < -0.3 is 4.74 Å². The molecule has 2 aromatic rings. The lowest BCUT2D eigenvalue weighted by Gasteiger charge is -1.98. The highest BCUT2D eigenvalue weighted by Gasteiger charge is 2.01. The molecule has 0 saturated heterocycles. The number of imidazole rings is 1. The molecular weight excluding hydrogens is 156 g/mol. The molecule has 0 spiro atoms. The van der Waals surface area contributed by atoms with Crippen LogP contribution < -0.4 is 0 Å². The minimum Gasteiger partial charge on any atom is -0.364 e. The van der Waals surface area contributed by atoms with E-state index >= 15 is 0 Å². The van der Waals surface area contributed by atoms with Crippen molar-refractivity contribution < 1.29 is 4.74 Å². The first kappa shape index (κ1) is 7.17. The van der Waals surface area contributed by atoms with Gasteiger partial charge in [0.15, 0.2) is 5.65 Å². The monoisotopic (exact) mass is 164 g/mol. The third-order valence-corrected chi connectivity index (χ3v) is 1.55. The van der Waals surface area contributed by atoms with Crippen LogP contribution in [0.1, 0.15) is 0 Å². The minimum atomic E-state index is 0.466. The summed E-state index contributed by atoms with van der Waals surface area (Å²) in [5, 5.41) is 0. The zero-order valence-corrected chi connectivity index (χ0v) is 6.64. The number of fused-ring (bicyclic) bond motifs is 1. The topological polar surface area (TPSA) is 52.8 Å². The van der Waals surface area contributed by atoms with E-state index in [1.165, 1.54) is 6.33 Å². The predicted octanol–water partition coefficient (Wildman–Crippen LogP) is 0.430. The smallest absolute Gasteiger partial charge is 0.165 e. The summed E-state index contributed by atoms with van der Waals surface area (Å²) in [5.74, 6) is 0. The zero-order chi connectivity index (χ0) is 8.39. The highest BCUT2D eigenvalue weighted by molar-refractivity contribution is 5.68. The lowest BCUT2D eigenvalue weighted by molar-refractivity contribution is 0.134. The van der Waals surface area contributed by atoms with Gasteiger partial charge in [-0.05, 0) is 0 Å². The fourth-order valence-corrected chi connectivity index (χ4v) is 1.05. The van der Waals surface area contributed by atoms with Crippen LogP contribution in [0.15, 0.2) is 18.9 Å². The maximum Gasteiger partial charge on any atom is 0.165 e. The second-order valence-electron chi connectivity index (χ2n) is 2.36. The van der Waals surface area contributed by atoms with Crippen LogP contribution >= 0.6 is 0 Å².